The predicted octanol–water partition coefficient (Wildman–Crippen LogP) is 0.185. The smallest absolute Gasteiger partial charge is 0.238 e. The molecule has 1 aromatic carbocycles. The normalized spacial score (nSPS) is 12.5. The predicted molar refractivity (Wildman–Crippen MR) is 64.8 cm³/mol. The molecule has 1 rings (SSSR count). The number of nitrogens with two attached hydrogens (primary N) is 2. The lowest BCUT2D eigenvalue weighted by Gasteiger charge is -2.02. The van der Waals surface area contributed by atoms with Crippen molar-refractivity contribution in [2.24, 2.45) is 16.0 Å². The minimum Gasteiger partial charge on any atom is -0.395 e. The van der Waals surface area contributed by atoms with Crippen molar-refractivity contribution in [3.8, 4) is 0 Å². The minimum atomic E-state index is -3.65. The van der Waals surface area contributed by atoms with Gasteiger partial charge in [0.2, 0.25) is 10.0 Å². The Morgan fingerprint density at radius 1 is 1.35 bits per heavy atom. The van der Waals surface area contributed by atoms with Crippen LogP contribution in [0, 0.1) is 0 Å². The van der Waals surface area contributed by atoms with E-state index in [1.165, 1.54) is 12.1 Å². The van der Waals surface area contributed by atoms with Crippen LogP contribution in [0.15, 0.2) is 34.3 Å². The van der Waals surface area contributed by atoms with Crippen LogP contribution in [0.25, 0.3) is 0 Å². The van der Waals surface area contributed by atoms with Gasteiger partial charge in [-0.1, -0.05) is 17.3 Å². The molecule has 0 saturated carbocycles. The van der Waals surface area contributed by atoms with Crippen LogP contribution in [0.1, 0.15) is 12.5 Å². The number of benzene rings is 1. The van der Waals surface area contributed by atoms with Gasteiger partial charge < -0.3 is 10.6 Å². The van der Waals surface area contributed by atoms with Crippen LogP contribution in [0.2, 0.25) is 0 Å². The number of hydrogen-bond donors (Lipinski definition) is 2. The zero-order valence-corrected chi connectivity index (χ0v) is 10.3. The summed E-state index contributed by atoms with van der Waals surface area (Å²) in [6.07, 6.45) is 0.394. The molecule has 0 unspecified atom stereocenters. The standard InChI is InChI=1S/C10H15N3O3S/c1-2-16-13-10(11)7-8-3-5-9(6-4-8)17(12,14)15/h3-6H,2,7H2,1H3,(H2,11,13)(H2,12,14,15). The van der Waals surface area contributed by atoms with E-state index in [-0.39, 0.29) is 4.90 Å². The first-order valence-electron chi connectivity index (χ1n) is 4.99. The first-order chi connectivity index (χ1) is 7.93. The maximum absolute atomic E-state index is 11.0. The van der Waals surface area contributed by atoms with Crippen LogP contribution < -0.4 is 10.9 Å². The largest absolute Gasteiger partial charge is 0.395 e. The molecule has 0 saturated heterocycles. The third kappa shape index (κ3) is 4.41. The fourth-order valence-corrected chi connectivity index (χ4v) is 1.70. The van der Waals surface area contributed by atoms with E-state index in [2.05, 4.69) is 5.16 Å². The Kier molecular flexibility index (Phi) is 4.47. The summed E-state index contributed by atoms with van der Waals surface area (Å²) in [6.45, 7) is 2.25. The second kappa shape index (κ2) is 5.65. The SMILES string of the molecule is CCON=C(N)Cc1ccc(S(N)(=O)=O)cc1. The number of sulfonamides is 1. The molecule has 0 radical (unpaired) electrons. The van der Waals surface area contributed by atoms with Crippen molar-refractivity contribution in [2.45, 2.75) is 18.2 Å². The fraction of sp³-hybridized carbons (Fsp3) is 0.300. The monoisotopic (exact) mass is 257 g/mol. The molecule has 17 heavy (non-hydrogen) atoms. The van der Waals surface area contributed by atoms with Crippen LogP contribution in [0.4, 0.5) is 0 Å². The molecule has 0 heterocycles. The Bertz CT molecular complexity index is 494. The highest BCUT2D eigenvalue weighted by Crippen LogP contribution is 2.09. The van der Waals surface area contributed by atoms with Crippen LogP contribution >= 0.6 is 0 Å². The van der Waals surface area contributed by atoms with Gasteiger partial charge in [0.25, 0.3) is 0 Å². The first-order valence-corrected chi connectivity index (χ1v) is 6.54. The average Bonchev–Trinajstić information content (AvgIpc) is 2.26. The van der Waals surface area contributed by atoms with E-state index in [0.717, 1.165) is 5.56 Å². The van der Waals surface area contributed by atoms with E-state index < -0.39 is 10.0 Å². The van der Waals surface area contributed by atoms with Crippen LogP contribution in [-0.4, -0.2) is 20.9 Å². The number of rotatable bonds is 5. The summed E-state index contributed by atoms with van der Waals surface area (Å²) < 4.78 is 22.0. The van der Waals surface area contributed by atoms with E-state index in [9.17, 15) is 8.42 Å². The topological polar surface area (TPSA) is 108 Å². The summed E-state index contributed by atoms with van der Waals surface area (Å²) in [6, 6.07) is 6.12. The van der Waals surface area contributed by atoms with Gasteiger partial charge in [0.15, 0.2) is 0 Å². The average molecular weight is 257 g/mol. The van der Waals surface area contributed by atoms with Crippen molar-refractivity contribution in [1.29, 1.82) is 0 Å². The molecule has 4 N–H and O–H groups in total. The molecule has 6 nitrogen and oxygen atoms in total. The summed E-state index contributed by atoms with van der Waals surface area (Å²) in [5.41, 5.74) is 6.43. The highest BCUT2D eigenvalue weighted by atomic mass is 32.2. The molecule has 0 aliphatic heterocycles. The van der Waals surface area contributed by atoms with E-state index in [4.69, 9.17) is 15.7 Å². The lowest BCUT2D eigenvalue weighted by atomic mass is 10.1. The third-order valence-corrected chi connectivity index (χ3v) is 2.88. The van der Waals surface area contributed by atoms with Gasteiger partial charge in [-0.3, -0.25) is 0 Å². The Balaban J connectivity index is 2.76. The Morgan fingerprint density at radius 2 is 1.94 bits per heavy atom. The van der Waals surface area contributed by atoms with Crippen LogP contribution in [0.3, 0.4) is 0 Å². The van der Waals surface area contributed by atoms with Gasteiger partial charge in [0, 0.05) is 6.42 Å². The van der Waals surface area contributed by atoms with Crippen molar-refractivity contribution >= 4 is 15.9 Å². The summed E-state index contributed by atoms with van der Waals surface area (Å²) in [5.74, 6) is 0.329. The van der Waals surface area contributed by atoms with E-state index >= 15 is 0 Å². The Morgan fingerprint density at radius 3 is 2.41 bits per heavy atom. The quantitative estimate of drug-likeness (QED) is 0.445. The molecule has 0 aromatic heterocycles. The Hall–Kier alpha value is -1.60. The van der Waals surface area contributed by atoms with Gasteiger partial charge >= 0.3 is 0 Å². The summed E-state index contributed by atoms with van der Waals surface area (Å²) in [4.78, 5) is 4.86. The molecule has 0 spiro atoms. The zero-order chi connectivity index (χ0) is 12.9. The Labute approximate surface area is 100 Å². The third-order valence-electron chi connectivity index (χ3n) is 1.95. The molecule has 94 valence electrons. The second-order valence-corrected chi connectivity index (χ2v) is 4.93. The van der Waals surface area contributed by atoms with E-state index in [1.807, 2.05) is 0 Å². The maximum Gasteiger partial charge on any atom is 0.238 e. The van der Waals surface area contributed by atoms with E-state index in [0.29, 0.717) is 18.9 Å². The molecule has 1 aromatic rings. The second-order valence-electron chi connectivity index (χ2n) is 3.37. The molecule has 7 heteroatoms. The molecule has 0 bridgehead atoms. The molecular formula is C10H15N3O3S. The van der Waals surface area contributed by atoms with Gasteiger partial charge in [0.1, 0.15) is 12.4 Å². The van der Waals surface area contributed by atoms with Crippen molar-refractivity contribution in [2.75, 3.05) is 6.61 Å². The van der Waals surface area contributed by atoms with Crippen molar-refractivity contribution in [3.05, 3.63) is 29.8 Å². The lowest BCUT2D eigenvalue weighted by Crippen LogP contribution is -2.16. The summed E-state index contributed by atoms with van der Waals surface area (Å²) in [7, 11) is -3.65. The lowest BCUT2D eigenvalue weighted by molar-refractivity contribution is 0.158. The molecule has 0 aliphatic carbocycles. The van der Waals surface area contributed by atoms with Gasteiger partial charge in [-0.05, 0) is 24.6 Å². The molecular weight excluding hydrogens is 242 g/mol. The summed E-state index contributed by atoms with van der Waals surface area (Å²) >= 11 is 0. The molecule has 0 fully saturated rings. The van der Waals surface area contributed by atoms with Crippen molar-refractivity contribution < 1.29 is 13.3 Å². The number of hydrogen-bond acceptors (Lipinski definition) is 4. The van der Waals surface area contributed by atoms with Crippen molar-refractivity contribution in [3.63, 3.8) is 0 Å². The van der Waals surface area contributed by atoms with Gasteiger partial charge in [0.05, 0.1) is 4.90 Å². The number of oxime groups is 1. The number of nitrogens with zero attached hydrogens (tertiary/aromatic N) is 1. The van der Waals surface area contributed by atoms with E-state index in [1.54, 1.807) is 19.1 Å². The van der Waals surface area contributed by atoms with Crippen LogP contribution in [0.5, 0.6) is 0 Å². The number of primary sulfonamides is 1. The van der Waals surface area contributed by atoms with Crippen molar-refractivity contribution in [1.82, 2.24) is 0 Å². The first kappa shape index (κ1) is 13.5. The fourth-order valence-electron chi connectivity index (χ4n) is 1.19. The molecule has 0 aliphatic rings. The zero-order valence-electron chi connectivity index (χ0n) is 9.46. The molecule has 0 atom stereocenters. The van der Waals surface area contributed by atoms with Gasteiger partial charge in [-0.15, -0.1) is 0 Å². The van der Waals surface area contributed by atoms with Crippen LogP contribution in [-0.2, 0) is 21.3 Å². The highest BCUT2D eigenvalue weighted by molar-refractivity contribution is 7.89. The molecule has 0 amide bonds. The number of amidine groups is 1. The van der Waals surface area contributed by atoms with Gasteiger partial charge in [-0.2, -0.15) is 0 Å². The highest BCUT2D eigenvalue weighted by Gasteiger charge is 2.07. The van der Waals surface area contributed by atoms with Gasteiger partial charge in [-0.25, -0.2) is 13.6 Å². The summed E-state index contributed by atoms with van der Waals surface area (Å²) in [5, 5.41) is 8.64. The maximum atomic E-state index is 11.0. The minimum absolute atomic E-state index is 0.0709.